The molecule has 0 fully saturated rings. The quantitative estimate of drug-likeness (QED) is 0.0596. The van der Waals surface area contributed by atoms with Crippen LogP contribution in [0.25, 0.3) is 54.2 Å². The molecule has 0 bridgehead atoms. The molecule has 6 nitrogen and oxygen atoms in total. The summed E-state index contributed by atoms with van der Waals surface area (Å²) in [6.07, 6.45) is 9.73. The topological polar surface area (TPSA) is 71.1 Å². The molecule has 0 saturated carbocycles. The first-order valence-electron chi connectivity index (χ1n) is 19.8. The van der Waals surface area contributed by atoms with E-state index in [1.54, 1.807) is 0 Å². The number of carbonyl (C=O) groups excluding carboxylic acids is 2. The fourth-order valence-corrected chi connectivity index (χ4v) is 8.19. The second-order valence-electron chi connectivity index (χ2n) is 14.6. The van der Waals surface area contributed by atoms with E-state index in [4.69, 9.17) is 18.9 Å². The molecule has 0 aliphatic rings. The highest BCUT2D eigenvalue weighted by atomic mass is 16.7. The van der Waals surface area contributed by atoms with E-state index in [-0.39, 0.29) is 0 Å². The van der Waals surface area contributed by atoms with Crippen molar-refractivity contribution >= 4 is 55.4 Å². The third kappa shape index (κ3) is 8.03. The van der Waals surface area contributed by atoms with Gasteiger partial charge in [-0.05, 0) is 68.5 Å². The summed E-state index contributed by atoms with van der Waals surface area (Å²) in [6, 6.07) is 29.4. The summed E-state index contributed by atoms with van der Waals surface area (Å²) in [5.41, 5.74) is 4.57. The molecule has 6 aromatic rings. The second kappa shape index (κ2) is 17.8. The number of hydrogen-bond donors (Lipinski definition) is 0. The van der Waals surface area contributed by atoms with Crippen molar-refractivity contribution in [2.24, 2.45) is 11.8 Å². The van der Waals surface area contributed by atoms with E-state index in [9.17, 15) is 9.59 Å². The molecule has 0 aromatic heterocycles. The Bertz CT molecular complexity index is 2110. The number of hydrogen-bond acceptors (Lipinski definition) is 6. The molecule has 0 amide bonds. The number of unbranched alkanes of at least 4 members (excludes halogenated alkanes) is 2. The highest BCUT2D eigenvalue weighted by Crippen LogP contribution is 2.50. The van der Waals surface area contributed by atoms with Crippen molar-refractivity contribution in [1.29, 1.82) is 0 Å². The fourth-order valence-electron chi connectivity index (χ4n) is 8.19. The summed E-state index contributed by atoms with van der Waals surface area (Å²) in [4.78, 5) is 25.6. The van der Waals surface area contributed by atoms with Crippen LogP contribution in [0.15, 0.2) is 84.9 Å². The molecule has 0 aliphatic carbocycles. The highest BCUT2D eigenvalue weighted by Gasteiger charge is 2.25. The number of ether oxygens (including phenoxy) is 4. The van der Waals surface area contributed by atoms with Crippen LogP contribution in [0.3, 0.4) is 0 Å². The summed E-state index contributed by atoms with van der Waals surface area (Å²) >= 11 is 0. The number of methoxy groups -OCH3 is 2. The Morgan fingerprint density at radius 1 is 0.500 bits per heavy atom. The lowest BCUT2D eigenvalue weighted by Gasteiger charge is -2.22. The normalized spacial score (nSPS) is 12.6. The van der Waals surface area contributed by atoms with E-state index in [1.165, 1.54) is 63.9 Å². The Morgan fingerprint density at radius 3 is 1.22 bits per heavy atom. The van der Waals surface area contributed by atoms with E-state index < -0.39 is 12.3 Å². The van der Waals surface area contributed by atoms with Gasteiger partial charge in [-0.25, -0.2) is 9.59 Å². The Morgan fingerprint density at radius 2 is 0.870 bits per heavy atom. The predicted octanol–water partition coefficient (Wildman–Crippen LogP) is 13.8. The first kappa shape index (κ1) is 38.6. The van der Waals surface area contributed by atoms with Crippen LogP contribution in [0.4, 0.5) is 9.59 Å². The maximum Gasteiger partial charge on any atom is 0.513 e. The van der Waals surface area contributed by atoms with Crippen molar-refractivity contribution in [2.45, 2.75) is 91.9 Å². The molecule has 0 aliphatic heterocycles. The largest absolute Gasteiger partial charge is 0.513 e. The molecule has 0 saturated heterocycles. The summed E-state index contributed by atoms with van der Waals surface area (Å²) in [6.45, 7) is 9.06. The van der Waals surface area contributed by atoms with E-state index in [2.05, 4.69) is 76.2 Å². The molecular weight excluding hydrogens is 673 g/mol. The highest BCUT2D eigenvalue weighted by molar-refractivity contribution is 6.27. The monoisotopic (exact) mass is 726 g/mol. The van der Waals surface area contributed by atoms with Crippen LogP contribution < -0.4 is 9.47 Å². The first-order valence-corrected chi connectivity index (χ1v) is 19.8. The number of fused-ring (bicyclic) bond motifs is 4. The molecule has 6 rings (SSSR count). The van der Waals surface area contributed by atoms with Crippen molar-refractivity contribution in [2.75, 3.05) is 14.2 Å². The molecule has 54 heavy (non-hydrogen) atoms. The molecule has 6 aromatic carbocycles. The van der Waals surface area contributed by atoms with Crippen LogP contribution in [-0.2, 0) is 22.3 Å². The van der Waals surface area contributed by atoms with Gasteiger partial charge in [-0.2, -0.15) is 0 Å². The van der Waals surface area contributed by atoms with Gasteiger partial charge in [0.15, 0.2) is 0 Å². The van der Waals surface area contributed by atoms with Gasteiger partial charge < -0.3 is 18.9 Å². The molecule has 2 unspecified atom stereocenters. The van der Waals surface area contributed by atoms with Crippen LogP contribution in [0.1, 0.15) is 90.2 Å². The maximum absolute atomic E-state index is 12.8. The van der Waals surface area contributed by atoms with E-state index >= 15 is 0 Å². The molecule has 6 heteroatoms. The summed E-state index contributed by atoms with van der Waals surface area (Å²) < 4.78 is 22.1. The zero-order valence-corrected chi connectivity index (χ0v) is 32.8. The van der Waals surface area contributed by atoms with Gasteiger partial charge in [-0.3, -0.25) is 0 Å². The van der Waals surface area contributed by atoms with Crippen LogP contribution in [-0.4, -0.2) is 26.5 Å². The standard InChI is InChI=1S/C48H54O6/c1-7-11-17-31(9-3)27-33-23-25-39-41(29-33)43(35-19-13-15-21-37(35)45(39)53-47(49)51-5)44-36-20-14-16-22-38(36)46(54-48(50)52-6)40-26-24-34(30-42(40)44)28-32(10-4)18-12-8-2/h13-16,19-26,29-32H,7-12,17-18,27-28H2,1-6H3. The Balaban J connectivity index is 1.75. The van der Waals surface area contributed by atoms with Crippen LogP contribution >= 0.6 is 0 Å². The zero-order valence-electron chi connectivity index (χ0n) is 32.8. The smallest absolute Gasteiger partial charge is 0.437 e. The maximum atomic E-state index is 12.8. The first-order chi connectivity index (χ1) is 26.3. The Hall–Kier alpha value is -5.10. The van der Waals surface area contributed by atoms with Gasteiger partial charge in [-0.15, -0.1) is 0 Å². The van der Waals surface area contributed by atoms with Crippen molar-refractivity contribution in [3.8, 4) is 22.6 Å². The van der Waals surface area contributed by atoms with E-state index in [0.29, 0.717) is 23.3 Å². The molecule has 0 spiro atoms. The SMILES string of the molecule is CCCCC(CC)Cc1ccc2c(OC(=O)OC)c3ccccc3c(-c3c4ccccc4c(OC(=O)OC)c4ccc(CC(CC)CCCC)cc34)c2c1. The van der Waals surface area contributed by atoms with Gasteiger partial charge in [0, 0.05) is 21.5 Å². The number of benzene rings is 6. The Labute approximate surface area is 319 Å². The van der Waals surface area contributed by atoms with E-state index in [1.807, 2.05) is 36.4 Å². The third-order valence-electron chi connectivity index (χ3n) is 11.2. The summed E-state index contributed by atoms with van der Waals surface area (Å²) in [5, 5.41) is 7.15. The van der Waals surface area contributed by atoms with Crippen molar-refractivity contribution in [3.63, 3.8) is 0 Å². The minimum absolute atomic E-state index is 0.474. The lowest BCUT2D eigenvalue weighted by molar-refractivity contribution is 0.121. The van der Waals surface area contributed by atoms with Gasteiger partial charge in [0.1, 0.15) is 11.5 Å². The van der Waals surface area contributed by atoms with Gasteiger partial charge in [0.05, 0.1) is 14.2 Å². The fraction of sp³-hybridized carbons (Fsp3) is 0.375. The molecule has 2 atom stereocenters. The van der Waals surface area contributed by atoms with Crippen molar-refractivity contribution in [1.82, 2.24) is 0 Å². The lowest BCUT2D eigenvalue weighted by atomic mass is 9.83. The molecular formula is C48H54O6. The molecule has 282 valence electrons. The minimum atomic E-state index is -0.762. The minimum Gasteiger partial charge on any atom is -0.437 e. The average molecular weight is 727 g/mol. The number of rotatable bonds is 15. The second-order valence-corrected chi connectivity index (χ2v) is 14.6. The third-order valence-corrected chi connectivity index (χ3v) is 11.2. The molecule has 0 heterocycles. The van der Waals surface area contributed by atoms with Crippen molar-refractivity contribution in [3.05, 3.63) is 96.1 Å². The van der Waals surface area contributed by atoms with Gasteiger partial charge in [0.25, 0.3) is 0 Å². The average Bonchev–Trinajstić information content (AvgIpc) is 3.21. The van der Waals surface area contributed by atoms with Crippen LogP contribution in [0.5, 0.6) is 11.5 Å². The predicted molar refractivity (Wildman–Crippen MR) is 222 cm³/mol. The van der Waals surface area contributed by atoms with Gasteiger partial charge >= 0.3 is 12.3 Å². The summed E-state index contributed by atoms with van der Waals surface area (Å²) in [5.74, 6) is 2.08. The van der Waals surface area contributed by atoms with E-state index in [0.717, 1.165) is 79.9 Å². The zero-order chi connectivity index (χ0) is 38.2. The lowest BCUT2D eigenvalue weighted by Crippen LogP contribution is -2.09. The summed E-state index contributed by atoms with van der Waals surface area (Å²) in [7, 11) is 2.67. The molecule has 0 radical (unpaired) electrons. The van der Waals surface area contributed by atoms with Gasteiger partial charge in [-0.1, -0.05) is 164 Å². The van der Waals surface area contributed by atoms with Crippen molar-refractivity contribution < 1.29 is 28.5 Å². The van der Waals surface area contributed by atoms with Crippen LogP contribution in [0, 0.1) is 11.8 Å². The van der Waals surface area contributed by atoms with Crippen LogP contribution in [0.2, 0.25) is 0 Å². The Kier molecular flexibility index (Phi) is 12.7. The number of carbonyl (C=O) groups is 2. The van der Waals surface area contributed by atoms with Gasteiger partial charge in [0.2, 0.25) is 0 Å². The molecule has 0 N–H and O–H groups in total.